The molecule has 2 aromatic rings. The molecule has 0 bridgehead atoms. The van der Waals surface area contributed by atoms with Crippen molar-refractivity contribution in [3.63, 3.8) is 0 Å². The number of anilines is 1. The first-order valence-corrected chi connectivity index (χ1v) is 12.4. The van der Waals surface area contributed by atoms with Gasteiger partial charge in [-0.2, -0.15) is 0 Å². The minimum atomic E-state index is -3.80. The van der Waals surface area contributed by atoms with E-state index in [1.807, 2.05) is 19.1 Å². The van der Waals surface area contributed by atoms with Crippen molar-refractivity contribution in [2.75, 3.05) is 11.3 Å². The quantitative estimate of drug-likeness (QED) is 0.582. The van der Waals surface area contributed by atoms with E-state index in [1.165, 1.54) is 50.5 Å². The van der Waals surface area contributed by atoms with Crippen LogP contribution < -0.4 is 10.0 Å². The highest BCUT2D eigenvalue weighted by atomic mass is 32.2. The van der Waals surface area contributed by atoms with Crippen molar-refractivity contribution in [2.45, 2.75) is 57.0 Å². The lowest BCUT2D eigenvalue weighted by Gasteiger charge is -2.22. The molecule has 3 rings (SSSR count). The number of hydrogen-bond acceptors (Lipinski definition) is 5. The molecule has 32 heavy (non-hydrogen) atoms. The van der Waals surface area contributed by atoms with Crippen LogP contribution in [0.2, 0.25) is 0 Å². The van der Waals surface area contributed by atoms with Crippen molar-refractivity contribution >= 4 is 27.6 Å². The third-order valence-electron chi connectivity index (χ3n) is 5.73. The van der Waals surface area contributed by atoms with Crippen LogP contribution in [0, 0.1) is 12.8 Å². The Kier molecular flexibility index (Phi) is 7.90. The van der Waals surface area contributed by atoms with E-state index in [4.69, 9.17) is 4.74 Å². The molecule has 1 atom stereocenters. The number of nitrogens with one attached hydrogen (secondary N) is 2. The lowest BCUT2D eigenvalue weighted by Crippen LogP contribution is -2.38. The Hall–Kier alpha value is -2.87. The maximum atomic E-state index is 12.6. The number of rotatable bonds is 8. The highest BCUT2D eigenvalue weighted by Gasteiger charge is 2.22. The monoisotopic (exact) mass is 458 g/mol. The standard InChI is InChI=1S/C24H30N2O5S/c1-17-8-6-7-11-22(17)26-32(29,30)21-14-12-20(13-15-21)24(28)31-18(2)23(27)25-16-19-9-4-3-5-10-19/h6-8,11-15,18-19,26H,3-5,9-10,16H2,1-2H3,(H,25,27). The zero-order valence-corrected chi connectivity index (χ0v) is 19.3. The minimum Gasteiger partial charge on any atom is -0.449 e. The van der Waals surface area contributed by atoms with Crippen molar-refractivity contribution in [1.29, 1.82) is 0 Å². The van der Waals surface area contributed by atoms with E-state index in [2.05, 4.69) is 10.0 Å². The van der Waals surface area contributed by atoms with Crippen molar-refractivity contribution in [3.05, 3.63) is 59.7 Å². The largest absolute Gasteiger partial charge is 0.449 e. The van der Waals surface area contributed by atoms with Crippen molar-refractivity contribution in [2.24, 2.45) is 5.92 Å². The Morgan fingerprint density at radius 1 is 1.03 bits per heavy atom. The molecule has 0 aromatic heterocycles. The lowest BCUT2D eigenvalue weighted by atomic mass is 9.89. The molecule has 1 fully saturated rings. The second kappa shape index (κ2) is 10.6. The molecule has 0 radical (unpaired) electrons. The molecule has 1 aliphatic rings. The van der Waals surface area contributed by atoms with Gasteiger partial charge in [0.15, 0.2) is 6.10 Å². The molecule has 8 heteroatoms. The van der Waals surface area contributed by atoms with Gasteiger partial charge in [-0.25, -0.2) is 13.2 Å². The number of para-hydroxylation sites is 1. The van der Waals surface area contributed by atoms with Crippen molar-refractivity contribution in [3.8, 4) is 0 Å². The number of sulfonamides is 1. The van der Waals surface area contributed by atoms with Crippen molar-refractivity contribution < 1.29 is 22.7 Å². The van der Waals surface area contributed by atoms with E-state index >= 15 is 0 Å². The molecule has 1 aliphatic carbocycles. The summed E-state index contributed by atoms with van der Waals surface area (Å²) in [7, 11) is -3.80. The molecular weight excluding hydrogens is 428 g/mol. The van der Waals surface area contributed by atoms with Crippen LogP contribution in [0.15, 0.2) is 53.4 Å². The van der Waals surface area contributed by atoms with Crippen LogP contribution in [0.5, 0.6) is 0 Å². The van der Waals surface area contributed by atoms with E-state index in [9.17, 15) is 18.0 Å². The zero-order valence-electron chi connectivity index (χ0n) is 18.5. The van der Waals surface area contributed by atoms with Crippen LogP contribution in [0.4, 0.5) is 5.69 Å². The fraction of sp³-hybridized carbons (Fsp3) is 0.417. The van der Waals surface area contributed by atoms with Crippen LogP contribution in [0.3, 0.4) is 0 Å². The van der Waals surface area contributed by atoms with E-state index in [-0.39, 0.29) is 16.4 Å². The first-order chi connectivity index (χ1) is 15.3. The summed E-state index contributed by atoms with van der Waals surface area (Å²) in [5.74, 6) is -0.523. The molecule has 2 aromatic carbocycles. The molecule has 1 amide bonds. The summed E-state index contributed by atoms with van der Waals surface area (Å²) in [6.07, 6.45) is 4.93. The normalized spacial score (nSPS) is 15.6. The topological polar surface area (TPSA) is 102 Å². The van der Waals surface area contributed by atoms with Crippen LogP contribution in [-0.4, -0.2) is 32.9 Å². The van der Waals surface area contributed by atoms with E-state index < -0.39 is 22.1 Å². The number of carbonyl (C=O) groups excluding carboxylic acids is 2. The van der Waals surface area contributed by atoms with Gasteiger partial charge in [0.05, 0.1) is 16.1 Å². The first kappa shape index (κ1) is 23.8. The third kappa shape index (κ3) is 6.32. The number of carbonyl (C=O) groups is 2. The predicted molar refractivity (Wildman–Crippen MR) is 123 cm³/mol. The predicted octanol–water partition coefficient (Wildman–Crippen LogP) is 4.04. The van der Waals surface area contributed by atoms with Gasteiger partial charge in [-0.15, -0.1) is 0 Å². The second-order valence-electron chi connectivity index (χ2n) is 8.24. The van der Waals surface area contributed by atoms with E-state index in [1.54, 1.807) is 12.1 Å². The van der Waals surface area contributed by atoms with Crippen LogP contribution in [0.1, 0.15) is 54.9 Å². The molecule has 1 saturated carbocycles. The number of esters is 1. The number of amides is 1. The smallest absolute Gasteiger partial charge is 0.338 e. The van der Waals surface area contributed by atoms with Gasteiger partial charge in [-0.3, -0.25) is 9.52 Å². The number of hydrogen-bond donors (Lipinski definition) is 2. The van der Waals surface area contributed by atoms with Crippen LogP contribution in [-0.2, 0) is 19.6 Å². The first-order valence-electron chi connectivity index (χ1n) is 10.9. The van der Waals surface area contributed by atoms with Gasteiger partial charge in [0, 0.05) is 6.54 Å². The summed E-state index contributed by atoms with van der Waals surface area (Å²) in [5, 5.41) is 2.86. The van der Waals surface area contributed by atoms with E-state index in [0.29, 0.717) is 18.2 Å². The Morgan fingerprint density at radius 2 is 1.69 bits per heavy atom. The Balaban J connectivity index is 1.55. The van der Waals surface area contributed by atoms with Crippen molar-refractivity contribution in [1.82, 2.24) is 5.32 Å². The van der Waals surface area contributed by atoms with Crippen LogP contribution >= 0.6 is 0 Å². The Bertz CT molecular complexity index is 1040. The number of ether oxygens (including phenoxy) is 1. The van der Waals surface area contributed by atoms with Gasteiger partial charge < -0.3 is 10.1 Å². The molecule has 0 saturated heterocycles. The molecule has 7 nitrogen and oxygen atoms in total. The van der Waals surface area contributed by atoms with Gasteiger partial charge >= 0.3 is 5.97 Å². The Morgan fingerprint density at radius 3 is 2.34 bits per heavy atom. The molecule has 0 heterocycles. The molecule has 0 spiro atoms. The summed E-state index contributed by atoms with van der Waals surface area (Å²) in [6, 6.07) is 12.5. The molecule has 2 N–H and O–H groups in total. The third-order valence-corrected chi connectivity index (χ3v) is 7.11. The fourth-order valence-electron chi connectivity index (χ4n) is 3.72. The maximum absolute atomic E-state index is 12.6. The highest BCUT2D eigenvalue weighted by Crippen LogP contribution is 2.23. The zero-order chi connectivity index (χ0) is 23.1. The van der Waals surface area contributed by atoms with Gasteiger partial charge in [0.25, 0.3) is 15.9 Å². The SMILES string of the molecule is Cc1ccccc1NS(=O)(=O)c1ccc(C(=O)OC(C)C(=O)NCC2CCCCC2)cc1. The van der Waals surface area contributed by atoms with Gasteiger partial charge in [0.1, 0.15) is 0 Å². The van der Waals surface area contributed by atoms with Gasteiger partial charge in [0.2, 0.25) is 0 Å². The Labute approximate surface area is 189 Å². The summed E-state index contributed by atoms with van der Waals surface area (Å²) in [5.41, 5.74) is 1.46. The average molecular weight is 459 g/mol. The summed E-state index contributed by atoms with van der Waals surface area (Å²) < 4.78 is 33.1. The summed E-state index contributed by atoms with van der Waals surface area (Å²) in [4.78, 5) is 24.7. The highest BCUT2D eigenvalue weighted by molar-refractivity contribution is 7.92. The van der Waals surface area contributed by atoms with Gasteiger partial charge in [-0.1, -0.05) is 37.5 Å². The van der Waals surface area contributed by atoms with E-state index in [0.717, 1.165) is 18.4 Å². The summed E-state index contributed by atoms with van der Waals surface area (Å²) in [6.45, 7) is 3.93. The fourth-order valence-corrected chi connectivity index (χ4v) is 4.85. The number of benzene rings is 2. The lowest BCUT2D eigenvalue weighted by molar-refractivity contribution is -0.129. The maximum Gasteiger partial charge on any atom is 0.338 e. The molecule has 0 aliphatic heterocycles. The minimum absolute atomic E-state index is 0.0237. The molecular formula is C24H30N2O5S. The number of aryl methyl sites for hydroxylation is 1. The second-order valence-corrected chi connectivity index (χ2v) is 9.92. The average Bonchev–Trinajstić information content (AvgIpc) is 2.79. The van der Waals surface area contributed by atoms with Crippen LogP contribution in [0.25, 0.3) is 0 Å². The molecule has 1 unspecified atom stereocenters. The van der Waals surface area contributed by atoms with Gasteiger partial charge in [-0.05, 0) is 68.5 Å². The molecule has 172 valence electrons. The summed E-state index contributed by atoms with van der Waals surface area (Å²) >= 11 is 0.